The van der Waals surface area contributed by atoms with Crippen molar-refractivity contribution in [2.24, 2.45) is 0 Å². The van der Waals surface area contributed by atoms with Crippen LogP contribution in [0, 0.1) is 10.8 Å². The van der Waals surface area contributed by atoms with E-state index in [4.69, 9.17) is 15.2 Å². The van der Waals surface area contributed by atoms with Crippen LogP contribution in [0.25, 0.3) is 0 Å². The molecule has 0 atom stereocenters. The zero-order valence-corrected chi connectivity index (χ0v) is 9.50. The van der Waals surface area contributed by atoms with Crippen LogP contribution < -0.4 is 10.6 Å². The van der Waals surface area contributed by atoms with Gasteiger partial charge in [0.05, 0.1) is 6.26 Å². The molecule has 0 bridgehead atoms. The van der Waals surface area contributed by atoms with Crippen molar-refractivity contribution < 1.29 is 4.42 Å². The predicted molar refractivity (Wildman–Crippen MR) is 62.7 cm³/mol. The van der Waals surface area contributed by atoms with E-state index in [1.54, 1.807) is 25.3 Å². The van der Waals surface area contributed by atoms with Crippen molar-refractivity contribution in [2.45, 2.75) is 6.42 Å². The van der Waals surface area contributed by atoms with E-state index in [1.807, 2.05) is 12.1 Å². The third kappa shape index (κ3) is 3.64. The van der Waals surface area contributed by atoms with Gasteiger partial charge in [-0.15, -0.1) is 0 Å². The van der Waals surface area contributed by atoms with E-state index in [-0.39, 0.29) is 11.9 Å². The van der Waals surface area contributed by atoms with Crippen LogP contribution in [0.2, 0.25) is 0 Å². The number of nitrogens with one attached hydrogen (secondary N) is 4. The molecule has 4 N–H and O–H groups in total. The van der Waals surface area contributed by atoms with Crippen molar-refractivity contribution in [1.29, 1.82) is 10.8 Å². The lowest BCUT2D eigenvalue weighted by Gasteiger charge is -2.20. The highest BCUT2D eigenvalue weighted by Gasteiger charge is 2.06. The largest absolute Gasteiger partial charge is 0.469 e. The highest BCUT2D eigenvalue weighted by molar-refractivity contribution is 5.95. The molecular formula is C10H17N5O. The van der Waals surface area contributed by atoms with Crippen molar-refractivity contribution >= 4 is 11.9 Å². The van der Waals surface area contributed by atoms with Gasteiger partial charge in [0.15, 0.2) is 11.9 Å². The normalized spacial score (nSPS) is 9.62. The summed E-state index contributed by atoms with van der Waals surface area (Å²) < 4.78 is 5.19. The fourth-order valence-electron chi connectivity index (χ4n) is 1.12. The average molecular weight is 223 g/mol. The van der Waals surface area contributed by atoms with E-state index < -0.39 is 0 Å². The molecule has 0 saturated heterocycles. The number of hydrogen-bond donors (Lipinski definition) is 4. The summed E-state index contributed by atoms with van der Waals surface area (Å²) in [5.74, 6) is 1.18. The van der Waals surface area contributed by atoms with Gasteiger partial charge in [-0.25, -0.2) is 0 Å². The van der Waals surface area contributed by atoms with Crippen LogP contribution >= 0.6 is 0 Å². The molecule has 0 aromatic carbocycles. The molecule has 0 radical (unpaired) electrons. The smallest absolute Gasteiger partial charge is 0.197 e. The highest BCUT2D eigenvalue weighted by atomic mass is 16.3. The first-order valence-electron chi connectivity index (χ1n) is 4.99. The van der Waals surface area contributed by atoms with Gasteiger partial charge in [0.1, 0.15) is 5.76 Å². The molecule has 0 aliphatic heterocycles. The molecule has 1 heterocycles. The summed E-state index contributed by atoms with van der Waals surface area (Å²) in [4.78, 5) is 1.72. The second kappa shape index (κ2) is 5.79. The lowest BCUT2D eigenvalue weighted by Crippen LogP contribution is -2.45. The van der Waals surface area contributed by atoms with Gasteiger partial charge in [0.25, 0.3) is 0 Å². The Bertz CT molecular complexity index is 346. The van der Waals surface area contributed by atoms with Crippen LogP contribution in [0.5, 0.6) is 0 Å². The molecule has 6 nitrogen and oxygen atoms in total. The van der Waals surface area contributed by atoms with Crippen molar-refractivity contribution in [3.8, 4) is 0 Å². The summed E-state index contributed by atoms with van der Waals surface area (Å²) in [6.07, 6.45) is 2.37. The Hall–Kier alpha value is -1.98. The summed E-state index contributed by atoms with van der Waals surface area (Å²) in [7, 11) is 3.42. The summed E-state index contributed by atoms with van der Waals surface area (Å²) in [5, 5.41) is 20.2. The molecule has 1 aromatic heterocycles. The number of furan rings is 1. The predicted octanol–water partition coefficient (Wildman–Crippen LogP) is 0.432. The third-order valence-electron chi connectivity index (χ3n) is 2.15. The molecule has 0 amide bonds. The Balaban J connectivity index is 2.31. The zero-order chi connectivity index (χ0) is 12.0. The molecule has 1 aromatic rings. The van der Waals surface area contributed by atoms with Gasteiger partial charge in [-0.1, -0.05) is 0 Å². The van der Waals surface area contributed by atoms with E-state index >= 15 is 0 Å². The van der Waals surface area contributed by atoms with Gasteiger partial charge >= 0.3 is 0 Å². The summed E-state index contributed by atoms with van der Waals surface area (Å²) in [6.45, 7) is 0.663. The number of nitrogens with zero attached hydrogens (tertiary/aromatic N) is 1. The van der Waals surface area contributed by atoms with E-state index in [9.17, 15) is 0 Å². The Morgan fingerprint density at radius 3 is 2.81 bits per heavy atom. The molecule has 1 rings (SSSR count). The fraction of sp³-hybridized carbons (Fsp3) is 0.400. The van der Waals surface area contributed by atoms with E-state index in [0.717, 1.165) is 12.2 Å². The maximum atomic E-state index is 7.66. The van der Waals surface area contributed by atoms with Crippen molar-refractivity contribution in [3.63, 3.8) is 0 Å². The van der Waals surface area contributed by atoms with Crippen LogP contribution in [0.4, 0.5) is 0 Å². The standard InChI is InChI=1S/C10H17N5O/c1-13-9(11)14-10(12)15(2)6-5-8-4-3-7-16-8/h3-4,7H,5-6H2,1-2H3,(H4,11,12,13,14). The maximum Gasteiger partial charge on any atom is 0.197 e. The lowest BCUT2D eigenvalue weighted by molar-refractivity contribution is 0.443. The second-order valence-corrected chi connectivity index (χ2v) is 3.35. The van der Waals surface area contributed by atoms with Crippen LogP contribution in [0.15, 0.2) is 22.8 Å². The summed E-state index contributed by atoms with van der Waals surface area (Å²) in [6, 6.07) is 3.75. The van der Waals surface area contributed by atoms with Crippen LogP contribution in [-0.2, 0) is 6.42 Å². The molecular weight excluding hydrogens is 206 g/mol. The fourth-order valence-corrected chi connectivity index (χ4v) is 1.12. The molecule has 16 heavy (non-hydrogen) atoms. The number of hydrogen-bond acceptors (Lipinski definition) is 3. The Kier molecular flexibility index (Phi) is 4.38. The Morgan fingerprint density at radius 1 is 1.50 bits per heavy atom. The van der Waals surface area contributed by atoms with Gasteiger partial charge < -0.3 is 14.6 Å². The molecule has 0 saturated carbocycles. The van der Waals surface area contributed by atoms with Crippen molar-refractivity contribution in [1.82, 2.24) is 15.5 Å². The van der Waals surface area contributed by atoms with Gasteiger partial charge in [0, 0.05) is 27.1 Å². The Morgan fingerprint density at radius 2 is 2.25 bits per heavy atom. The van der Waals surface area contributed by atoms with Gasteiger partial charge in [-0.3, -0.25) is 16.1 Å². The number of rotatable bonds is 3. The molecule has 88 valence electrons. The van der Waals surface area contributed by atoms with E-state index in [1.165, 1.54) is 0 Å². The number of guanidine groups is 2. The molecule has 0 aliphatic carbocycles. The second-order valence-electron chi connectivity index (χ2n) is 3.35. The monoisotopic (exact) mass is 223 g/mol. The highest BCUT2D eigenvalue weighted by Crippen LogP contribution is 2.01. The molecule has 0 unspecified atom stereocenters. The van der Waals surface area contributed by atoms with Crippen LogP contribution in [-0.4, -0.2) is 37.5 Å². The zero-order valence-electron chi connectivity index (χ0n) is 9.50. The van der Waals surface area contributed by atoms with E-state index in [0.29, 0.717) is 6.54 Å². The van der Waals surface area contributed by atoms with Gasteiger partial charge in [-0.2, -0.15) is 0 Å². The molecule has 0 aliphatic rings. The van der Waals surface area contributed by atoms with Gasteiger partial charge in [-0.05, 0) is 12.1 Å². The van der Waals surface area contributed by atoms with Gasteiger partial charge in [0.2, 0.25) is 0 Å². The first-order chi connectivity index (χ1) is 7.63. The van der Waals surface area contributed by atoms with Crippen molar-refractivity contribution in [3.05, 3.63) is 24.2 Å². The summed E-state index contributed by atoms with van der Waals surface area (Å²) >= 11 is 0. The number of likely N-dealkylation sites (N-methyl/N-ethyl adjacent to an activating group) is 1. The molecule has 6 heteroatoms. The SMILES string of the molecule is CNC(=N)NC(=N)N(C)CCc1ccco1. The minimum Gasteiger partial charge on any atom is -0.469 e. The summed E-state index contributed by atoms with van der Waals surface area (Å²) in [5.41, 5.74) is 0. The van der Waals surface area contributed by atoms with E-state index in [2.05, 4.69) is 10.6 Å². The molecule has 0 fully saturated rings. The average Bonchev–Trinajstić information content (AvgIpc) is 2.78. The Labute approximate surface area is 94.6 Å². The first kappa shape index (κ1) is 12.1. The first-order valence-corrected chi connectivity index (χ1v) is 4.99. The maximum absolute atomic E-state index is 7.66. The van der Waals surface area contributed by atoms with Crippen LogP contribution in [0.3, 0.4) is 0 Å². The lowest BCUT2D eigenvalue weighted by atomic mass is 10.3. The topological polar surface area (TPSA) is 88.1 Å². The minimum atomic E-state index is 0.106. The third-order valence-corrected chi connectivity index (χ3v) is 2.15. The quantitative estimate of drug-likeness (QED) is 0.442. The van der Waals surface area contributed by atoms with Crippen LogP contribution in [0.1, 0.15) is 5.76 Å². The van der Waals surface area contributed by atoms with Crippen molar-refractivity contribution in [2.75, 3.05) is 20.6 Å². The minimum absolute atomic E-state index is 0.106. The molecule has 0 spiro atoms.